The van der Waals surface area contributed by atoms with Crippen LogP contribution in [0.1, 0.15) is 45.2 Å². The Morgan fingerprint density at radius 2 is 1.84 bits per heavy atom. The maximum atomic E-state index is 14.3. The first-order valence-electron chi connectivity index (χ1n) is 10.0. The Bertz CT molecular complexity index is 962. The van der Waals surface area contributed by atoms with Gasteiger partial charge in [-0.1, -0.05) is 17.7 Å². The third kappa shape index (κ3) is 7.92. The summed E-state index contributed by atoms with van der Waals surface area (Å²) in [6.07, 6.45) is 0.667. The van der Waals surface area contributed by atoms with Crippen molar-refractivity contribution < 1.29 is 28.2 Å². The van der Waals surface area contributed by atoms with Crippen LogP contribution in [0.4, 0.5) is 10.1 Å². The summed E-state index contributed by atoms with van der Waals surface area (Å²) in [6.45, 7) is 5.68. The van der Waals surface area contributed by atoms with Crippen molar-refractivity contribution in [2.24, 2.45) is 5.73 Å². The molecule has 0 radical (unpaired) electrons. The zero-order chi connectivity index (χ0) is 23.9. The molecule has 0 fully saturated rings. The van der Waals surface area contributed by atoms with Gasteiger partial charge in [-0.05, 0) is 39.3 Å². The van der Waals surface area contributed by atoms with Gasteiger partial charge in [0.05, 0.1) is 13.7 Å². The number of nitrogens with two attached hydrogens (primary N) is 1. The van der Waals surface area contributed by atoms with Crippen molar-refractivity contribution in [3.8, 4) is 11.5 Å². The van der Waals surface area contributed by atoms with Crippen LogP contribution in [-0.2, 0) is 14.3 Å². The van der Waals surface area contributed by atoms with Crippen LogP contribution < -0.4 is 20.5 Å². The summed E-state index contributed by atoms with van der Waals surface area (Å²) in [5, 5.41) is 3.12. The number of rotatable bonds is 10. The Labute approximate surface area is 192 Å². The predicted molar refractivity (Wildman–Crippen MR) is 121 cm³/mol. The number of anilines is 1. The summed E-state index contributed by atoms with van der Waals surface area (Å²) < 4.78 is 30.6. The number of carbonyl (C=O) groups excluding carboxylic acids is 2. The van der Waals surface area contributed by atoms with Crippen molar-refractivity contribution in [1.82, 2.24) is 0 Å². The van der Waals surface area contributed by atoms with Crippen LogP contribution >= 0.6 is 11.6 Å². The zero-order valence-electron chi connectivity index (χ0n) is 18.5. The van der Waals surface area contributed by atoms with E-state index in [-0.39, 0.29) is 29.6 Å². The van der Waals surface area contributed by atoms with E-state index < -0.39 is 23.4 Å². The number of primary amides is 1. The van der Waals surface area contributed by atoms with Crippen molar-refractivity contribution in [3.05, 3.63) is 52.8 Å². The highest BCUT2D eigenvalue weighted by Gasteiger charge is 2.22. The molecule has 2 rings (SSSR count). The van der Waals surface area contributed by atoms with E-state index >= 15 is 0 Å². The lowest BCUT2D eigenvalue weighted by atomic mass is 10.1. The summed E-state index contributed by atoms with van der Waals surface area (Å²) in [5.74, 6) is -0.833. The molecule has 0 spiro atoms. The predicted octanol–water partition coefficient (Wildman–Crippen LogP) is 4.63. The molecule has 0 aliphatic carbocycles. The Morgan fingerprint density at radius 3 is 2.44 bits per heavy atom. The fourth-order valence-electron chi connectivity index (χ4n) is 2.86. The molecule has 1 atom stereocenters. The largest absolute Gasteiger partial charge is 0.497 e. The summed E-state index contributed by atoms with van der Waals surface area (Å²) in [7, 11) is 1.48. The van der Waals surface area contributed by atoms with Crippen molar-refractivity contribution in [2.75, 3.05) is 19.0 Å². The lowest BCUT2D eigenvalue weighted by molar-refractivity contribution is -0.155. The smallest absolute Gasteiger partial charge is 0.306 e. The van der Waals surface area contributed by atoms with Crippen LogP contribution in [0.15, 0.2) is 36.4 Å². The van der Waals surface area contributed by atoms with Gasteiger partial charge >= 0.3 is 5.97 Å². The van der Waals surface area contributed by atoms with Gasteiger partial charge in [0.25, 0.3) is 0 Å². The number of benzene rings is 2. The quantitative estimate of drug-likeness (QED) is 0.391. The number of amides is 1. The average molecular weight is 467 g/mol. The molecule has 1 amide bonds. The summed E-state index contributed by atoms with van der Waals surface area (Å²) in [4.78, 5) is 23.8. The van der Waals surface area contributed by atoms with Crippen LogP contribution in [0.3, 0.4) is 0 Å². The number of methoxy groups -OCH3 is 1. The number of esters is 1. The number of hydrogen-bond donors (Lipinski definition) is 2. The standard InChI is InChI=1S/C23H28ClFN2O5/c1-23(2,3)32-20(28)6-5-9-31-17-12-15(11-16(13-17)30-4)27-21(22(26)29)18-8-7-14(24)10-19(18)25/h7-8,10-13,21,27H,5-6,9H2,1-4H3,(H2,26,29). The minimum Gasteiger partial charge on any atom is -0.497 e. The lowest BCUT2D eigenvalue weighted by Crippen LogP contribution is -2.28. The molecule has 0 heterocycles. The molecule has 2 aromatic carbocycles. The van der Waals surface area contributed by atoms with Gasteiger partial charge in [-0.3, -0.25) is 9.59 Å². The molecule has 32 heavy (non-hydrogen) atoms. The molecule has 2 aromatic rings. The topological polar surface area (TPSA) is 99.9 Å². The monoisotopic (exact) mass is 466 g/mol. The van der Waals surface area contributed by atoms with E-state index in [2.05, 4.69) is 5.32 Å². The maximum absolute atomic E-state index is 14.3. The van der Waals surface area contributed by atoms with Gasteiger partial charge in [0.2, 0.25) is 5.91 Å². The Hall–Kier alpha value is -3.00. The normalized spacial score (nSPS) is 12.1. The van der Waals surface area contributed by atoms with E-state index in [0.29, 0.717) is 23.6 Å². The van der Waals surface area contributed by atoms with Gasteiger partial charge < -0.3 is 25.3 Å². The van der Waals surface area contributed by atoms with E-state index in [9.17, 15) is 14.0 Å². The van der Waals surface area contributed by atoms with E-state index in [1.807, 2.05) is 0 Å². The first-order chi connectivity index (χ1) is 15.0. The summed E-state index contributed by atoms with van der Waals surface area (Å²) in [5.41, 5.74) is 5.45. The summed E-state index contributed by atoms with van der Waals surface area (Å²) in [6, 6.07) is 7.74. The number of hydrogen-bond acceptors (Lipinski definition) is 6. The molecule has 7 nitrogen and oxygen atoms in total. The number of nitrogens with one attached hydrogen (secondary N) is 1. The molecular formula is C23H28ClFN2O5. The SMILES string of the molecule is COc1cc(NC(C(N)=O)c2ccc(Cl)cc2F)cc(OCCCC(=O)OC(C)(C)C)c1. The molecule has 0 aromatic heterocycles. The van der Waals surface area contributed by atoms with Crippen LogP contribution in [0.2, 0.25) is 5.02 Å². The average Bonchev–Trinajstić information content (AvgIpc) is 2.68. The molecule has 3 N–H and O–H groups in total. The number of halogens is 2. The van der Waals surface area contributed by atoms with Crippen LogP contribution in [0.25, 0.3) is 0 Å². The van der Waals surface area contributed by atoms with Gasteiger partial charge in [0, 0.05) is 40.9 Å². The molecule has 0 saturated heterocycles. The fraction of sp³-hybridized carbons (Fsp3) is 0.391. The second kappa shape index (κ2) is 11.0. The van der Waals surface area contributed by atoms with Crippen LogP contribution in [0.5, 0.6) is 11.5 Å². The molecule has 0 aliphatic rings. The molecule has 1 unspecified atom stereocenters. The van der Waals surface area contributed by atoms with Gasteiger partial charge in [0.1, 0.15) is 29.0 Å². The Kier molecular flexibility index (Phi) is 8.72. The van der Waals surface area contributed by atoms with Gasteiger partial charge in [-0.15, -0.1) is 0 Å². The van der Waals surface area contributed by atoms with Crippen LogP contribution in [-0.4, -0.2) is 31.2 Å². The van der Waals surface area contributed by atoms with E-state index in [1.165, 1.54) is 19.2 Å². The third-order valence-corrected chi connectivity index (χ3v) is 4.43. The van der Waals surface area contributed by atoms with E-state index in [1.54, 1.807) is 39.0 Å². The van der Waals surface area contributed by atoms with E-state index in [4.69, 9.17) is 31.5 Å². The summed E-state index contributed by atoms with van der Waals surface area (Å²) >= 11 is 5.79. The van der Waals surface area contributed by atoms with Gasteiger partial charge in [-0.25, -0.2) is 4.39 Å². The first kappa shape index (κ1) is 25.3. The Morgan fingerprint density at radius 1 is 1.16 bits per heavy atom. The van der Waals surface area contributed by atoms with Gasteiger partial charge in [-0.2, -0.15) is 0 Å². The van der Waals surface area contributed by atoms with Crippen molar-refractivity contribution in [3.63, 3.8) is 0 Å². The second-order valence-corrected chi connectivity index (χ2v) is 8.52. The van der Waals surface area contributed by atoms with Crippen LogP contribution in [0, 0.1) is 5.82 Å². The molecule has 0 aliphatic heterocycles. The highest BCUT2D eigenvalue weighted by Crippen LogP contribution is 2.30. The molecule has 174 valence electrons. The maximum Gasteiger partial charge on any atom is 0.306 e. The fourth-order valence-corrected chi connectivity index (χ4v) is 3.02. The van der Waals surface area contributed by atoms with Crippen molar-refractivity contribution in [1.29, 1.82) is 0 Å². The Balaban J connectivity index is 2.09. The lowest BCUT2D eigenvalue weighted by Gasteiger charge is -2.20. The van der Waals surface area contributed by atoms with Gasteiger partial charge in [0.15, 0.2) is 0 Å². The van der Waals surface area contributed by atoms with E-state index in [0.717, 1.165) is 6.07 Å². The highest BCUT2D eigenvalue weighted by atomic mass is 35.5. The number of carbonyl (C=O) groups is 2. The second-order valence-electron chi connectivity index (χ2n) is 8.08. The number of ether oxygens (including phenoxy) is 3. The third-order valence-electron chi connectivity index (χ3n) is 4.20. The minimum absolute atomic E-state index is 0.0598. The first-order valence-corrected chi connectivity index (χ1v) is 10.4. The molecular weight excluding hydrogens is 439 g/mol. The highest BCUT2D eigenvalue weighted by molar-refractivity contribution is 6.30. The molecule has 9 heteroatoms. The molecule has 0 bridgehead atoms. The molecule has 0 saturated carbocycles. The van der Waals surface area contributed by atoms with Crippen molar-refractivity contribution >= 4 is 29.2 Å². The minimum atomic E-state index is -1.14. The van der Waals surface area contributed by atoms with Crippen molar-refractivity contribution in [2.45, 2.75) is 45.3 Å². The zero-order valence-corrected chi connectivity index (χ0v) is 19.3.